The number of carbonyl (C=O) groups is 1. The largest absolute Gasteiger partial charge is 0.479 e. The zero-order chi connectivity index (χ0) is 11.0. The highest BCUT2D eigenvalue weighted by Gasteiger charge is 2.33. The van der Waals surface area contributed by atoms with Crippen LogP contribution in [0.25, 0.3) is 0 Å². The van der Waals surface area contributed by atoms with Gasteiger partial charge in [-0.1, -0.05) is 11.6 Å². The van der Waals surface area contributed by atoms with Gasteiger partial charge >= 0.3 is 5.97 Å². The third kappa shape index (κ3) is 1.85. The van der Waals surface area contributed by atoms with Crippen molar-refractivity contribution in [1.82, 2.24) is 9.78 Å². The van der Waals surface area contributed by atoms with Gasteiger partial charge in [0, 0.05) is 7.05 Å². The van der Waals surface area contributed by atoms with Gasteiger partial charge in [-0.15, -0.1) is 0 Å². The summed E-state index contributed by atoms with van der Waals surface area (Å²) in [5.41, 5.74) is 0.750. The molecule has 82 valence electrons. The summed E-state index contributed by atoms with van der Waals surface area (Å²) in [6.45, 7) is 0. The number of nitrogens with zero attached hydrogens (tertiary/aromatic N) is 2. The molecular formula is C9H11ClN2O3. The predicted molar refractivity (Wildman–Crippen MR) is 52.7 cm³/mol. The summed E-state index contributed by atoms with van der Waals surface area (Å²) in [7, 11) is 1.76. The van der Waals surface area contributed by atoms with Crippen LogP contribution in [0.4, 0.5) is 0 Å². The van der Waals surface area contributed by atoms with Crippen molar-refractivity contribution < 1.29 is 14.6 Å². The number of carboxylic acid groups (broad SMARTS) is 1. The first-order chi connectivity index (χ1) is 7.09. The molecule has 1 N–H and O–H groups in total. The number of ether oxygens (including phenoxy) is 1. The van der Waals surface area contributed by atoms with Crippen LogP contribution in [0.15, 0.2) is 6.20 Å². The maximum absolute atomic E-state index is 10.7. The SMILES string of the molecule is Cn1ncc(Cl)c1C1CCC(C(=O)O)O1. The normalized spacial score (nSPS) is 25.7. The molecule has 0 saturated carbocycles. The van der Waals surface area contributed by atoms with Gasteiger partial charge < -0.3 is 9.84 Å². The maximum atomic E-state index is 10.7. The van der Waals surface area contributed by atoms with Crippen molar-refractivity contribution >= 4 is 17.6 Å². The first kappa shape index (κ1) is 10.4. The lowest BCUT2D eigenvalue weighted by atomic mass is 10.1. The zero-order valence-electron chi connectivity index (χ0n) is 8.18. The monoisotopic (exact) mass is 230 g/mol. The number of aliphatic carboxylic acids is 1. The number of aromatic nitrogens is 2. The topological polar surface area (TPSA) is 64.4 Å². The second-order valence-corrected chi connectivity index (χ2v) is 3.94. The number of hydrogen-bond acceptors (Lipinski definition) is 3. The van der Waals surface area contributed by atoms with Crippen molar-refractivity contribution in [2.45, 2.75) is 25.0 Å². The van der Waals surface area contributed by atoms with Crippen molar-refractivity contribution in [2.24, 2.45) is 7.05 Å². The lowest BCUT2D eigenvalue weighted by molar-refractivity contribution is -0.149. The number of carboxylic acids is 1. The molecule has 2 unspecified atom stereocenters. The second-order valence-electron chi connectivity index (χ2n) is 3.53. The highest BCUT2D eigenvalue weighted by molar-refractivity contribution is 6.31. The molecule has 0 spiro atoms. The molecule has 0 aliphatic carbocycles. The Morgan fingerprint density at radius 1 is 1.73 bits per heavy atom. The fourth-order valence-corrected chi connectivity index (χ4v) is 2.09. The Hall–Kier alpha value is -1.07. The summed E-state index contributed by atoms with van der Waals surface area (Å²) in [5, 5.41) is 13.3. The molecule has 2 atom stereocenters. The lowest BCUT2D eigenvalue weighted by Crippen LogP contribution is -2.19. The van der Waals surface area contributed by atoms with E-state index >= 15 is 0 Å². The van der Waals surface area contributed by atoms with Gasteiger partial charge in [-0.2, -0.15) is 5.10 Å². The molecule has 2 rings (SSSR count). The van der Waals surface area contributed by atoms with Gasteiger partial charge in [0.15, 0.2) is 6.10 Å². The third-order valence-electron chi connectivity index (χ3n) is 2.54. The van der Waals surface area contributed by atoms with Gasteiger partial charge in [0.25, 0.3) is 0 Å². The molecule has 0 bridgehead atoms. The molecule has 0 amide bonds. The van der Waals surface area contributed by atoms with Gasteiger partial charge in [-0.25, -0.2) is 4.79 Å². The lowest BCUT2D eigenvalue weighted by Gasteiger charge is -2.11. The van der Waals surface area contributed by atoms with E-state index in [0.717, 1.165) is 5.69 Å². The van der Waals surface area contributed by atoms with E-state index in [-0.39, 0.29) is 6.10 Å². The van der Waals surface area contributed by atoms with E-state index < -0.39 is 12.1 Å². The Bertz CT molecular complexity index is 371. The van der Waals surface area contributed by atoms with Crippen molar-refractivity contribution in [3.05, 3.63) is 16.9 Å². The van der Waals surface area contributed by atoms with Crippen molar-refractivity contribution in [2.75, 3.05) is 0 Å². The highest BCUT2D eigenvalue weighted by atomic mass is 35.5. The minimum Gasteiger partial charge on any atom is -0.479 e. The molecule has 1 aliphatic rings. The van der Waals surface area contributed by atoms with E-state index in [2.05, 4.69) is 5.10 Å². The Morgan fingerprint density at radius 2 is 2.47 bits per heavy atom. The number of aryl methyl sites for hydroxylation is 1. The molecule has 1 aromatic rings. The number of halogens is 1. The summed E-state index contributed by atoms with van der Waals surface area (Å²) in [5.74, 6) is -0.921. The van der Waals surface area contributed by atoms with E-state index in [1.165, 1.54) is 6.20 Å². The molecule has 0 radical (unpaired) electrons. The van der Waals surface area contributed by atoms with Gasteiger partial charge in [0.2, 0.25) is 0 Å². The van der Waals surface area contributed by atoms with Crippen LogP contribution in [0.1, 0.15) is 24.6 Å². The number of hydrogen-bond donors (Lipinski definition) is 1. The summed E-state index contributed by atoms with van der Waals surface area (Å²) >= 11 is 5.94. The summed E-state index contributed by atoms with van der Waals surface area (Å²) < 4.78 is 7.01. The predicted octanol–water partition coefficient (Wildman–Crippen LogP) is 1.38. The standard InChI is InChI=1S/C9H11ClN2O3/c1-12-8(5(10)4-11-12)6-2-3-7(15-6)9(13)14/h4,6-7H,2-3H2,1H3,(H,13,14). The van der Waals surface area contributed by atoms with E-state index in [4.69, 9.17) is 21.4 Å². The quantitative estimate of drug-likeness (QED) is 0.834. The first-order valence-electron chi connectivity index (χ1n) is 4.65. The van der Waals surface area contributed by atoms with Crippen LogP contribution in [0.2, 0.25) is 5.02 Å². The Balaban J connectivity index is 2.17. The summed E-state index contributed by atoms with van der Waals surface area (Å²) in [6.07, 6.45) is 1.73. The van der Waals surface area contributed by atoms with Crippen LogP contribution < -0.4 is 0 Å². The molecule has 2 heterocycles. The Labute approximate surface area is 91.6 Å². The molecule has 15 heavy (non-hydrogen) atoms. The molecule has 1 aliphatic heterocycles. The molecule has 5 nitrogen and oxygen atoms in total. The van der Waals surface area contributed by atoms with Gasteiger partial charge in [-0.3, -0.25) is 4.68 Å². The molecule has 0 aromatic carbocycles. The minimum atomic E-state index is -0.921. The van der Waals surface area contributed by atoms with Crippen molar-refractivity contribution in [3.8, 4) is 0 Å². The summed E-state index contributed by atoms with van der Waals surface area (Å²) in [4.78, 5) is 10.7. The van der Waals surface area contributed by atoms with E-state index in [0.29, 0.717) is 17.9 Å². The average Bonchev–Trinajstić information content (AvgIpc) is 2.73. The van der Waals surface area contributed by atoms with Crippen LogP contribution in [-0.4, -0.2) is 27.0 Å². The molecule has 1 aromatic heterocycles. The van der Waals surface area contributed by atoms with E-state index in [9.17, 15) is 4.79 Å². The van der Waals surface area contributed by atoms with Crippen LogP contribution in [0.3, 0.4) is 0 Å². The van der Waals surface area contributed by atoms with E-state index in [1.54, 1.807) is 11.7 Å². The van der Waals surface area contributed by atoms with Gasteiger partial charge in [0.1, 0.15) is 6.10 Å². The van der Waals surface area contributed by atoms with Crippen molar-refractivity contribution in [3.63, 3.8) is 0 Å². The second kappa shape index (κ2) is 3.83. The smallest absolute Gasteiger partial charge is 0.332 e. The van der Waals surface area contributed by atoms with Crippen LogP contribution in [-0.2, 0) is 16.6 Å². The Morgan fingerprint density at radius 3 is 2.93 bits per heavy atom. The molecular weight excluding hydrogens is 220 g/mol. The first-order valence-corrected chi connectivity index (χ1v) is 5.03. The number of rotatable bonds is 2. The molecule has 1 fully saturated rings. The zero-order valence-corrected chi connectivity index (χ0v) is 8.94. The Kier molecular flexibility index (Phi) is 2.67. The summed E-state index contributed by atoms with van der Waals surface area (Å²) in [6, 6.07) is 0. The minimum absolute atomic E-state index is 0.258. The van der Waals surface area contributed by atoms with Crippen LogP contribution in [0.5, 0.6) is 0 Å². The molecule has 6 heteroatoms. The maximum Gasteiger partial charge on any atom is 0.332 e. The van der Waals surface area contributed by atoms with Crippen molar-refractivity contribution in [1.29, 1.82) is 0 Å². The fourth-order valence-electron chi connectivity index (χ4n) is 1.80. The van der Waals surface area contributed by atoms with E-state index in [1.807, 2.05) is 0 Å². The average molecular weight is 231 g/mol. The third-order valence-corrected chi connectivity index (χ3v) is 2.83. The van der Waals surface area contributed by atoms with Gasteiger partial charge in [0.05, 0.1) is 16.9 Å². The highest BCUT2D eigenvalue weighted by Crippen LogP contribution is 2.35. The van der Waals surface area contributed by atoms with Gasteiger partial charge in [-0.05, 0) is 12.8 Å². The molecule has 1 saturated heterocycles. The van der Waals surface area contributed by atoms with Crippen LogP contribution >= 0.6 is 11.6 Å². The fraction of sp³-hybridized carbons (Fsp3) is 0.556. The van der Waals surface area contributed by atoms with Crippen LogP contribution in [0, 0.1) is 0 Å².